The Balaban J connectivity index is 1.41. The minimum atomic E-state index is -0.481. The van der Waals surface area contributed by atoms with E-state index in [9.17, 15) is 9.59 Å². The zero-order valence-electron chi connectivity index (χ0n) is 18.3. The first-order valence-corrected chi connectivity index (χ1v) is 10.3. The van der Waals surface area contributed by atoms with Crippen LogP contribution in [0.3, 0.4) is 0 Å². The fourth-order valence-corrected chi connectivity index (χ4v) is 3.79. The first-order chi connectivity index (χ1) is 15.3. The molecule has 0 aliphatic heterocycles. The van der Waals surface area contributed by atoms with Crippen LogP contribution in [-0.2, 0) is 20.9 Å². The van der Waals surface area contributed by atoms with E-state index in [1.54, 1.807) is 17.7 Å². The van der Waals surface area contributed by atoms with Gasteiger partial charge in [-0.3, -0.25) is 9.59 Å². The maximum Gasteiger partial charge on any atom is 0.326 e. The van der Waals surface area contributed by atoms with E-state index in [0.29, 0.717) is 17.1 Å². The smallest absolute Gasteiger partial charge is 0.326 e. The molecule has 4 rings (SSSR count). The number of ether oxygens (including phenoxy) is 1. The summed E-state index contributed by atoms with van der Waals surface area (Å²) in [5, 5.41) is 8.34. The molecular formula is C24H25N5O3. The van der Waals surface area contributed by atoms with Crippen LogP contribution in [0.15, 0.2) is 54.6 Å². The number of aromatic nitrogens is 3. The van der Waals surface area contributed by atoms with Gasteiger partial charge in [-0.25, -0.2) is 4.68 Å². The number of nitrogen functional groups attached to an aromatic ring is 1. The molecule has 4 aromatic rings. The molecule has 0 radical (unpaired) electrons. The lowest BCUT2D eigenvalue weighted by Gasteiger charge is -2.10. The Hall–Kier alpha value is -4.07. The predicted octanol–water partition coefficient (Wildman–Crippen LogP) is 3.52. The molecule has 2 aromatic heterocycles. The van der Waals surface area contributed by atoms with Crippen LogP contribution in [0.25, 0.3) is 16.6 Å². The number of para-hydroxylation sites is 3. The van der Waals surface area contributed by atoms with Gasteiger partial charge in [0.15, 0.2) is 6.61 Å². The Morgan fingerprint density at radius 1 is 1.06 bits per heavy atom. The van der Waals surface area contributed by atoms with Gasteiger partial charge in [0.25, 0.3) is 5.91 Å². The number of hydrogen-bond acceptors (Lipinski definition) is 5. The van der Waals surface area contributed by atoms with E-state index < -0.39 is 11.9 Å². The molecule has 0 fully saturated rings. The van der Waals surface area contributed by atoms with Crippen LogP contribution < -0.4 is 11.1 Å². The van der Waals surface area contributed by atoms with Crippen LogP contribution in [0.5, 0.6) is 0 Å². The highest BCUT2D eigenvalue weighted by Gasteiger charge is 2.18. The molecule has 1 amide bonds. The second-order valence-corrected chi connectivity index (χ2v) is 7.66. The Morgan fingerprint density at radius 3 is 2.56 bits per heavy atom. The molecule has 2 aromatic carbocycles. The third kappa shape index (κ3) is 4.07. The Labute approximate surface area is 185 Å². The van der Waals surface area contributed by atoms with Crippen molar-refractivity contribution in [1.29, 1.82) is 0 Å². The second kappa shape index (κ2) is 8.58. The Kier molecular flexibility index (Phi) is 5.68. The molecule has 0 atom stereocenters. The number of nitrogens with two attached hydrogens (primary N) is 1. The highest BCUT2D eigenvalue weighted by molar-refractivity contribution is 5.94. The molecule has 3 N–H and O–H groups in total. The summed E-state index contributed by atoms with van der Waals surface area (Å²) < 4.78 is 8.78. The van der Waals surface area contributed by atoms with Crippen molar-refractivity contribution in [3.8, 4) is 5.69 Å². The summed E-state index contributed by atoms with van der Waals surface area (Å²) >= 11 is 0. The third-order valence-corrected chi connectivity index (χ3v) is 5.39. The number of esters is 1. The zero-order chi connectivity index (χ0) is 22.8. The van der Waals surface area contributed by atoms with Crippen molar-refractivity contribution in [1.82, 2.24) is 14.3 Å². The van der Waals surface area contributed by atoms with Gasteiger partial charge < -0.3 is 20.4 Å². The predicted molar refractivity (Wildman–Crippen MR) is 124 cm³/mol. The monoisotopic (exact) mass is 431 g/mol. The van der Waals surface area contributed by atoms with Crippen molar-refractivity contribution >= 4 is 34.2 Å². The summed E-state index contributed by atoms with van der Waals surface area (Å²) in [6, 6.07) is 17.2. The van der Waals surface area contributed by atoms with Gasteiger partial charge in [0.05, 0.1) is 28.5 Å². The van der Waals surface area contributed by atoms with Crippen molar-refractivity contribution in [2.45, 2.75) is 27.3 Å². The maximum atomic E-state index is 12.5. The standard InChI is InChI=1S/C24H25N5O3/c1-15-12-18-8-4-6-10-20(18)28(15)13-23(31)32-14-22(30)26-24-16(2)27-29(17(24)3)21-11-7-5-9-19(21)25/h4-12H,13-14,25H2,1-3H3,(H,26,30). The molecule has 2 heterocycles. The largest absolute Gasteiger partial charge is 0.454 e. The minimum absolute atomic E-state index is 0.0376. The summed E-state index contributed by atoms with van der Waals surface area (Å²) in [6.07, 6.45) is 0. The molecule has 0 saturated heterocycles. The van der Waals surface area contributed by atoms with Crippen molar-refractivity contribution in [3.63, 3.8) is 0 Å². The molecule has 8 nitrogen and oxygen atoms in total. The van der Waals surface area contributed by atoms with Gasteiger partial charge in [-0.15, -0.1) is 0 Å². The van der Waals surface area contributed by atoms with Crippen molar-refractivity contribution < 1.29 is 14.3 Å². The lowest BCUT2D eigenvalue weighted by molar-refractivity contribution is -0.147. The van der Waals surface area contributed by atoms with Crippen molar-refractivity contribution in [2.24, 2.45) is 0 Å². The van der Waals surface area contributed by atoms with Crippen molar-refractivity contribution in [3.05, 3.63) is 71.7 Å². The molecule has 8 heteroatoms. The number of aryl methyl sites for hydroxylation is 2. The first-order valence-electron chi connectivity index (χ1n) is 10.3. The quantitative estimate of drug-likeness (QED) is 0.359. The summed E-state index contributed by atoms with van der Waals surface area (Å²) in [5.41, 5.74) is 11.2. The zero-order valence-corrected chi connectivity index (χ0v) is 18.3. The highest BCUT2D eigenvalue weighted by atomic mass is 16.5. The van der Waals surface area contributed by atoms with Gasteiger partial charge >= 0.3 is 5.97 Å². The van der Waals surface area contributed by atoms with Crippen LogP contribution in [0.2, 0.25) is 0 Å². The molecular weight excluding hydrogens is 406 g/mol. The normalized spacial score (nSPS) is 11.0. The number of nitrogens with one attached hydrogen (secondary N) is 1. The Morgan fingerprint density at radius 2 is 1.78 bits per heavy atom. The molecule has 0 saturated carbocycles. The van der Waals surface area contributed by atoms with Crippen LogP contribution in [0.1, 0.15) is 17.1 Å². The molecule has 0 aliphatic carbocycles. The minimum Gasteiger partial charge on any atom is -0.454 e. The van der Waals surface area contributed by atoms with E-state index in [-0.39, 0.29) is 13.2 Å². The summed E-state index contributed by atoms with van der Waals surface area (Å²) in [6.45, 7) is 5.23. The molecule has 0 unspecified atom stereocenters. The molecule has 0 aliphatic rings. The van der Waals surface area contributed by atoms with E-state index in [2.05, 4.69) is 10.4 Å². The van der Waals surface area contributed by atoms with Crippen LogP contribution in [-0.4, -0.2) is 32.8 Å². The van der Waals surface area contributed by atoms with E-state index in [1.807, 2.05) is 66.9 Å². The number of anilines is 2. The maximum absolute atomic E-state index is 12.5. The van der Waals surface area contributed by atoms with Crippen LogP contribution in [0, 0.1) is 20.8 Å². The van der Waals surface area contributed by atoms with Gasteiger partial charge in [-0.1, -0.05) is 30.3 Å². The highest BCUT2D eigenvalue weighted by Crippen LogP contribution is 2.25. The molecule has 32 heavy (non-hydrogen) atoms. The number of nitrogens with zero attached hydrogens (tertiary/aromatic N) is 3. The van der Waals surface area contributed by atoms with Gasteiger partial charge in [0.1, 0.15) is 6.54 Å². The first kappa shape index (κ1) is 21.2. The summed E-state index contributed by atoms with van der Waals surface area (Å²) in [7, 11) is 0. The number of fused-ring (bicyclic) bond motifs is 1. The fraction of sp³-hybridized carbons (Fsp3) is 0.208. The number of carbonyl (C=O) groups excluding carboxylic acids is 2. The van der Waals surface area contributed by atoms with Gasteiger partial charge in [0, 0.05) is 11.2 Å². The SMILES string of the molecule is Cc1nn(-c2ccccc2N)c(C)c1NC(=O)COC(=O)Cn1c(C)cc2ccccc21. The average molecular weight is 431 g/mol. The topological polar surface area (TPSA) is 104 Å². The lowest BCUT2D eigenvalue weighted by Crippen LogP contribution is -2.23. The number of amides is 1. The number of carbonyl (C=O) groups is 2. The fourth-order valence-electron chi connectivity index (χ4n) is 3.79. The van der Waals surface area contributed by atoms with Gasteiger partial charge in [-0.05, 0) is 50.4 Å². The van der Waals surface area contributed by atoms with E-state index in [1.165, 1.54) is 0 Å². The number of hydrogen-bond donors (Lipinski definition) is 2. The second-order valence-electron chi connectivity index (χ2n) is 7.66. The summed E-state index contributed by atoms with van der Waals surface area (Å²) in [4.78, 5) is 24.8. The Bertz CT molecular complexity index is 1320. The van der Waals surface area contributed by atoms with Gasteiger partial charge in [0.2, 0.25) is 0 Å². The van der Waals surface area contributed by atoms with Crippen LogP contribution in [0.4, 0.5) is 11.4 Å². The summed E-state index contributed by atoms with van der Waals surface area (Å²) in [5.74, 6) is -0.912. The number of rotatable bonds is 6. The molecule has 0 bridgehead atoms. The number of benzene rings is 2. The third-order valence-electron chi connectivity index (χ3n) is 5.39. The van der Waals surface area contributed by atoms with Crippen molar-refractivity contribution in [2.75, 3.05) is 17.7 Å². The van der Waals surface area contributed by atoms with E-state index in [4.69, 9.17) is 10.5 Å². The average Bonchev–Trinajstić information content (AvgIpc) is 3.23. The molecule has 0 spiro atoms. The van der Waals surface area contributed by atoms with E-state index >= 15 is 0 Å². The lowest BCUT2D eigenvalue weighted by atomic mass is 10.2. The molecule has 164 valence electrons. The van der Waals surface area contributed by atoms with Crippen LogP contribution >= 0.6 is 0 Å². The van der Waals surface area contributed by atoms with Gasteiger partial charge in [-0.2, -0.15) is 5.10 Å². The van der Waals surface area contributed by atoms with E-state index in [0.717, 1.165) is 28.0 Å².